The topological polar surface area (TPSA) is 35.6 Å². The van der Waals surface area contributed by atoms with E-state index < -0.39 is 0 Å². The molecule has 0 aromatic heterocycles. The summed E-state index contributed by atoms with van der Waals surface area (Å²) in [7, 11) is 0. The molecule has 1 heterocycles. The Bertz CT molecular complexity index is 555. The number of nitrogens with zero attached hydrogens (tertiary/aromatic N) is 2. The summed E-state index contributed by atoms with van der Waals surface area (Å²) in [5, 5.41) is 3.39. The first kappa shape index (κ1) is 17.9. The number of nitrogens with one attached hydrogen (secondary N) is 1. The predicted octanol–water partition coefficient (Wildman–Crippen LogP) is 2.64. The first-order chi connectivity index (χ1) is 10.8. The summed E-state index contributed by atoms with van der Waals surface area (Å²) in [6, 6.07) is 7.76. The maximum absolute atomic E-state index is 12.3. The molecular weight excluding hydrogens is 306 g/mol. The summed E-state index contributed by atoms with van der Waals surface area (Å²) in [4.78, 5) is 16.8. The van der Waals surface area contributed by atoms with Crippen LogP contribution in [0, 0.1) is 0 Å². The SMILES string of the molecule is CCN1CCN(C(=S)NC(=O)c2ccc(C(C)(C)C)cc2)CC1. The van der Waals surface area contributed by atoms with E-state index in [4.69, 9.17) is 12.2 Å². The number of likely N-dealkylation sites (N-methyl/N-ethyl adjacent to an activating group) is 1. The van der Waals surface area contributed by atoms with Crippen molar-refractivity contribution < 1.29 is 4.79 Å². The van der Waals surface area contributed by atoms with Crippen molar-refractivity contribution in [3.8, 4) is 0 Å². The van der Waals surface area contributed by atoms with Crippen molar-refractivity contribution in [1.82, 2.24) is 15.1 Å². The number of hydrogen-bond donors (Lipinski definition) is 1. The highest BCUT2D eigenvalue weighted by molar-refractivity contribution is 7.80. The van der Waals surface area contributed by atoms with Crippen LogP contribution in [0.2, 0.25) is 0 Å². The molecule has 1 aromatic carbocycles. The smallest absolute Gasteiger partial charge is 0.257 e. The van der Waals surface area contributed by atoms with E-state index in [9.17, 15) is 4.79 Å². The van der Waals surface area contributed by atoms with Crippen LogP contribution in [0.1, 0.15) is 43.6 Å². The maximum Gasteiger partial charge on any atom is 0.257 e. The molecule has 0 aliphatic carbocycles. The van der Waals surface area contributed by atoms with Crippen molar-refractivity contribution in [3.05, 3.63) is 35.4 Å². The van der Waals surface area contributed by atoms with Gasteiger partial charge in [-0.1, -0.05) is 39.8 Å². The minimum Gasteiger partial charge on any atom is -0.346 e. The average molecular weight is 334 g/mol. The Morgan fingerprint density at radius 3 is 2.17 bits per heavy atom. The van der Waals surface area contributed by atoms with Crippen LogP contribution in [0.25, 0.3) is 0 Å². The molecule has 0 spiro atoms. The standard InChI is InChI=1S/C18H27N3OS/c1-5-20-10-12-21(13-11-20)17(23)19-16(22)14-6-8-15(9-7-14)18(2,3)4/h6-9H,5,10-13H2,1-4H3,(H,19,22,23). The number of rotatable bonds is 2. The summed E-state index contributed by atoms with van der Waals surface area (Å²) >= 11 is 5.39. The Morgan fingerprint density at radius 2 is 1.70 bits per heavy atom. The molecule has 1 aliphatic heterocycles. The number of carbonyl (C=O) groups is 1. The molecule has 1 aromatic rings. The summed E-state index contributed by atoms with van der Waals surface area (Å²) < 4.78 is 0. The predicted molar refractivity (Wildman–Crippen MR) is 98.9 cm³/mol. The van der Waals surface area contributed by atoms with Crippen LogP contribution < -0.4 is 5.32 Å². The van der Waals surface area contributed by atoms with E-state index >= 15 is 0 Å². The zero-order valence-corrected chi connectivity index (χ0v) is 15.4. The second-order valence-electron chi connectivity index (χ2n) is 7.01. The van der Waals surface area contributed by atoms with Gasteiger partial charge < -0.3 is 9.80 Å². The molecule has 23 heavy (non-hydrogen) atoms. The van der Waals surface area contributed by atoms with Gasteiger partial charge in [0.1, 0.15) is 0 Å². The van der Waals surface area contributed by atoms with E-state index in [-0.39, 0.29) is 11.3 Å². The quantitative estimate of drug-likeness (QED) is 0.844. The molecule has 4 nitrogen and oxygen atoms in total. The van der Waals surface area contributed by atoms with Gasteiger partial charge in [0, 0.05) is 31.7 Å². The fourth-order valence-electron chi connectivity index (χ4n) is 2.64. The summed E-state index contributed by atoms with van der Waals surface area (Å²) in [6.07, 6.45) is 0. The molecule has 1 aliphatic rings. The fourth-order valence-corrected chi connectivity index (χ4v) is 2.91. The average Bonchev–Trinajstić information content (AvgIpc) is 2.54. The lowest BCUT2D eigenvalue weighted by molar-refractivity contribution is 0.0970. The van der Waals surface area contributed by atoms with Crippen LogP contribution in [0.3, 0.4) is 0 Å². The molecule has 0 atom stereocenters. The second-order valence-corrected chi connectivity index (χ2v) is 7.39. The van der Waals surface area contributed by atoms with Crippen LogP contribution in [0.15, 0.2) is 24.3 Å². The minimum atomic E-state index is -0.131. The molecule has 0 radical (unpaired) electrons. The van der Waals surface area contributed by atoms with Crippen molar-refractivity contribution in [1.29, 1.82) is 0 Å². The Balaban J connectivity index is 1.92. The highest BCUT2D eigenvalue weighted by Crippen LogP contribution is 2.22. The highest BCUT2D eigenvalue weighted by atomic mass is 32.1. The zero-order valence-electron chi connectivity index (χ0n) is 14.6. The van der Waals surface area contributed by atoms with E-state index in [2.05, 4.69) is 42.8 Å². The van der Waals surface area contributed by atoms with Gasteiger partial charge in [-0.15, -0.1) is 0 Å². The van der Waals surface area contributed by atoms with E-state index in [0.29, 0.717) is 10.7 Å². The normalized spacial score (nSPS) is 16.3. The summed E-state index contributed by atoms with van der Waals surface area (Å²) in [5.41, 5.74) is 1.95. The Hall–Kier alpha value is -1.46. The zero-order chi connectivity index (χ0) is 17.0. The van der Waals surface area contributed by atoms with Crippen molar-refractivity contribution in [2.24, 2.45) is 0 Å². The van der Waals surface area contributed by atoms with Gasteiger partial charge in [-0.25, -0.2) is 0 Å². The number of benzene rings is 1. The fraction of sp³-hybridized carbons (Fsp3) is 0.556. The third-order valence-electron chi connectivity index (χ3n) is 4.34. The van der Waals surface area contributed by atoms with Crippen molar-refractivity contribution in [2.75, 3.05) is 32.7 Å². The van der Waals surface area contributed by atoms with Crippen LogP contribution in [-0.4, -0.2) is 53.5 Å². The molecule has 1 saturated heterocycles. The van der Waals surface area contributed by atoms with Gasteiger partial charge in [-0.3, -0.25) is 10.1 Å². The highest BCUT2D eigenvalue weighted by Gasteiger charge is 2.20. The Morgan fingerprint density at radius 1 is 1.13 bits per heavy atom. The van der Waals surface area contributed by atoms with Crippen LogP contribution in [0.4, 0.5) is 0 Å². The monoisotopic (exact) mass is 333 g/mol. The summed E-state index contributed by atoms with van der Waals surface area (Å²) in [5.74, 6) is -0.131. The van der Waals surface area contributed by atoms with Gasteiger partial charge in [-0.2, -0.15) is 0 Å². The Labute approximate surface area is 144 Å². The van der Waals surface area contributed by atoms with Gasteiger partial charge in [0.05, 0.1) is 0 Å². The van der Waals surface area contributed by atoms with E-state index in [1.54, 1.807) is 0 Å². The number of hydrogen-bond acceptors (Lipinski definition) is 3. The molecule has 0 saturated carbocycles. The lowest BCUT2D eigenvalue weighted by Gasteiger charge is -2.35. The molecule has 2 rings (SSSR count). The number of carbonyl (C=O) groups excluding carboxylic acids is 1. The molecule has 1 amide bonds. The molecule has 1 fully saturated rings. The third kappa shape index (κ3) is 4.75. The number of piperazine rings is 1. The molecular formula is C18H27N3OS. The molecule has 5 heteroatoms. The van der Waals surface area contributed by atoms with Gasteiger partial charge in [0.15, 0.2) is 5.11 Å². The van der Waals surface area contributed by atoms with Gasteiger partial charge in [-0.05, 0) is 41.9 Å². The van der Waals surface area contributed by atoms with Crippen LogP contribution in [-0.2, 0) is 5.41 Å². The first-order valence-corrected chi connectivity index (χ1v) is 8.65. The van der Waals surface area contributed by atoms with Crippen molar-refractivity contribution >= 4 is 23.2 Å². The maximum atomic E-state index is 12.3. The number of thiocarbonyl (C=S) groups is 1. The lowest BCUT2D eigenvalue weighted by Crippen LogP contribution is -2.52. The third-order valence-corrected chi connectivity index (χ3v) is 4.70. The molecule has 1 N–H and O–H groups in total. The lowest BCUT2D eigenvalue weighted by atomic mass is 9.87. The number of amides is 1. The van der Waals surface area contributed by atoms with E-state index in [0.717, 1.165) is 32.7 Å². The van der Waals surface area contributed by atoms with Gasteiger partial charge in [0.25, 0.3) is 5.91 Å². The molecule has 0 bridgehead atoms. The van der Waals surface area contributed by atoms with Crippen LogP contribution >= 0.6 is 12.2 Å². The van der Waals surface area contributed by atoms with Crippen molar-refractivity contribution in [2.45, 2.75) is 33.1 Å². The molecule has 126 valence electrons. The molecule has 0 unspecified atom stereocenters. The van der Waals surface area contributed by atoms with Crippen LogP contribution in [0.5, 0.6) is 0 Å². The van der Waals surface area contributed by atoms with E-state index in [1.165, 1.54) is 5.56 Å². The van der Waals surface area contributed by atoms with Gasteiger partial charge >= 0.3 is 0 Å². The van der Waals surface area contributed by atoms with E-state index in [1.807, 2.05) is 24.3 Å². The largest absolute Gasteiger partial charge is 0.346 e. The Kier molecular flexibility index (Phi) is 5.76. The second kappa shape index (κ2) is 7.41. The minimum absolute atomic E-state index is 0.0866. The summed E-state index contributed by atoms with van der Waals surface area (Å²) in [6.45, 7) is 13.4. The van der Waals surface area contributed by atoms with Crippen molar-refractivity contribution in [3.63, 3.8) is 0 Å². The first-order valence-electron chi connectivity index (χ1n) is 8.24. The van der Waals surface area contributed by atoms with Gasteiger partial charge in [0.2, 0.25) is 0 Å².